The number of carbonyl (C=O) groups excluding carboxylic acids is 2. The average Bonchev–Trinajstić information content (AvgIpc) is 2.79. The lowest BCUT2D eigenvalue weighted by atomic mass is 10.0. The van der Waals surface area contributed by atoms with E-state index in [1.165, 1.54) is 43.3 Å². The highest BCUT2D eigenvalue weighted by Crippen LogP contribution is 2.29. The number of anilines is 1. The van der Waals surface area contributed by atoms with Crippen LogP contribution in [0.15, 0.2) is 54.6 Å². The molecule has 3 rings (SSSR count). The number of hydrogen-bond donors (Lipinski definition) is 1. The van der Waals surface area contributed by atoms with E-state index in [4.69, 9.17) is 9.47 Å². The van der Waals surface area contributed by atoms with Crippen molar-refractivity contribution in [3.63, 3.8) is 0 Å². The van der Waals surface area contributed by atoms with Gasteiger partial charge in [-0.3, -0.25) is 4.79 Å². The van der Waals surface area contributed by atoms with Crippen LogP contribution in [-0.2, 0) is 25.6 Å². The number of rotatable bonds is 9. The third kappa shape index (κ3) is 6.95. The van der Waals surface area contributed by atoms with Crippen molar-refractivity contribution in [3.05, 3.63) is 83.4 Å². The van der Waals surface area contributed by atoms with Crippen LogP contribution >= 0.6 is 0 Å². The summed E-state index contributed by atoms with van der Waals surface area (Å²) in [5, 5.41) is 2.49. The van der Waals surface area contributed by atoms with Crippen LogP contribution in [0.25, 0.3) is 11.1 Å². The summed E-state index contributed by atoms with van der Waals surface area (Å²) in [5.41, 5.74) is 0.510. The van der Waals surface area contributed by atoms with Gasteiger partial charge >= 0.3 is 11.9 Å². The molecule has 0 aromatic heterocycles. The van der Waals surface area contributed by atoms with Crippen molar-refractivity contribution in [1.29, 1.82) is 0 Å². The quantitative estimate of drug-likeness (QED) is 0.247. The molecule has 0 aliphatic carbocycles. The molecule has 6 nitrogen and oxygen atoms in total. The van der Waals surface area contributed by atoms with Crippen LogP contribution < -0.4 is 10.1 Å². The van der Waals surface area contributed by atoms with Crippen LogP contribution in [0, 0.1) is 23.3 Å². The van der Waals surface area contributed by atoms with Crippen LogP contribution in [0.4, 0.5) is 23.2 Å². The highest BCUT2D eigenvalue weighted by Gasteiger charge is 2.18. The predicted molar refractivity (Wildman–Crippen MR) is 118 cm³/mol. The number of ether oxygens (including phenoxy) is 3. The summed E-state index contributed by atoms with van der Waals surface area (Å²) in [5.74, 6) is -5.28. The molecule has 10 heteroatoms. The third-order valence-corrected chi connectivity index (χ3v) is 4.69. The Hall–Kier alpha value is -4.08. The van der Waals surface area contributed by atoms with Gasteiger partial charge in [0.05, 0.1) is 0 Å². The highest BCUT2D eigenvalue weighted by atomic mass is 19.1. The molecular formula is C25H21F4NO5. The first kappa shape index (κ1) is 25.5. The first-order chi connectivity index (χ1) is 16.6. The van der Waals surface area contributed by atoms with E-state index in [0.29, 0.717) is 11.1 Å². The Morgan fingerprint density at radius 3 is 2.34 bits per heavy atom. The lowest BCUT2D eigenvalue weighted by molar-refractivity contribution is -0.184. The van der Waals surface area contributed by atoms with Gasteiger partial charge in [-0.1, -0.05) is 18.2 Å². The monoisotopic (exact) mass is 491 g/mol. The Morgan fingerprint density at radius 2 is 1.63 bits per heavy atom. The molecule has 0 spiro atoms. The van der Waals surface area contributed by atoms with Gasteiger partial charge in [0.2, 0.25) is 6.29 Å². The predicted octanol–water partition coefficient (Wildman–Crippen LogP) is 5.35. The van der Waals surface area contributed by atoms with Crippen molar-refractivity contribution in [2.75, 3.05) is 11.9 Å². The van der Waals surface area contributed by atoms with Gasteiger partial charge in [0.15, 0.2) is 18.2 Å². The molecule has 1 atom stereocenters. The van der Waals surface area contributed by atoms with Gasteiger partial charge in [0.1, 0.15) is 23.1 Å². The van der Waals surface area contributed by atoms with Crippen LogP contribution in [-0.4, -0.2) is 24.8 Å². The molecular weight excluding hydrogens is 470 g/mol. The zero-order valence-corrected chi connectivity index (χ0v) is 18.7. The van der Waals surface area contributed by atoms with Crippen LogP contribution in [0.1, 0.15) is 19.4 Å². The fourth-order valence-electron chi connectivity index (χ4n) is 3.16. The maximum absolute atomic E-state index is 14.8. The van der Waals surface area contributed by atoms with Gasteiger partial charge < -0.3 is 19.5 Å². The van der Waals surface area contributed by atoms with Crippen molar-refractivity contribution >= 4 is 17.6 Å². The number of carbonyl (C=O) groups is 2. The lowest BCUT2D eigenvalue weighted by Gasteiger charge is -2.15. The minimum Gasteiger partial charge on any atom is -0.479 e. The summed E-state index contributed by atoms with van der Waals surface area (Å²) in [6, 6.07) is 11.7. The van der Waals surface area contributed by atoms with E-state index < -0.39 is 59.5 Å². The van der Waals surface area contributed by atoms with Gasteiger partial charge in [-0.25, -0.2) is 22.4 Å². The first-order valence-electron chi connectivity index (χ1n) is 10.4. The Balaban J connectivity index is 1.70. The smallest absolute Gasteiger partial charge is 0.347 e. The molecule has 0 aliphatic heterocycles. The second-order valence-electron chi connectivity index (χ2n) is 7.36. The number of halogens is 4. The van der Waals surface area contributed by atoms with Crippen LogP contribution in [0.5, 0.6) is 5.75 Å². The molecule has 184 valence electrons. The summed E-state index contributed by atoms with van der Waals surface area (Å²) in [7, 11) is 0. The van der Waals surface area contributed by atoms with Gasteiger partial charge in [-0.2, -0.15) is 0 Å². The Bertz CT molecular complexity index is 1230. The van der Waals surface area contributed by atoms with E-state index in [1.54, 1.807) is 6.07 Å². The van der Waals surface area contributed by atoms with Crippen molar-refractivity contribution in [1.82, 2.24) is 0 Å². The van der Waals surface area contributed by atoms with Crippen molar-refractivity contribution < 1.29 is 41.4 Å². The summed E-state index contributed by atoms with van der Waals surface area (Å²) in [6.45, 7) is 1.40. The van der Waals surface area contributed by atoms with Crippen molar-refractivity contribution in [3.8, 4) is 16.9 Å². The molecule has 0 amide bonds. The number of nitrogens with one attached hydrogen (secondary N) is 1. The second kappa shape index (κ2) is 11.4. The SMILES string of the molecule is CC(=O)OC(C)OC(=O)COc1ccc(F)c(NCc2cc(-c3cccc(F)c3)ccc2F)c1F. The van der Waals surface area contributed by atoms with Gasteiger partial charge in [0, 0.05) is 26.0 Å². The lowest BCUT2D eigenvalue weighted by Crippen LogP contribution is -2.24. The zero-order chi connectivity index (χ0) is 25.5. The Labute approximate surface area is 198 Å². The molecule has 0 bridgehead atoms. The number of benzene rings is 3. The largest absolute Gasteiger partial charge is 0.479 e. The molecule has 35 heavy (non-hydrogen) atoms. The van der Waals surface area contributed by atoms with Crippen molar-refractivity contribution in [2.45, 2.75) is 26.7 Å². The van der Waals surface area contributed by atoms with E-state index in [-0.39, 0.29) is 12.1 Å². The van der Waals surface area contributed by atoms with E-state index >= 15 is 0 Å². The second-order valence-corrected chi connectivity index (χ2v) is 7.36. The third-order valence-electron chi connectivity index (χ3n) is 4.69. The maximum atomic E-state index is 14.8. The zero-order valence-electron chi connectivity index (χ0n) is 18.7. The van der Waals surface area contributed by atoms with E-state index in [2.05, 4.69) is 10.1 Å². The molecule has 0 saturated heterocycles. The van der Waals surface area contributed by atoms with E-state index in [0.717, 1.165) is 19.1 Å². The number of esters is 2. The van der Waals surface area contributed by atoms with Gasteiger partial charge in [0.25, 0.3) is 0 Å². The molecule has 0 aliphatic rings. The Kier molecular flexibility index (Phi) is 8.30. The minimum absolute atomic E-state index is 0.0833. The molecule has 1 unspecified atom stereocenters. The fraction of sp³-hybridized carbons (Fsp3) is 0.200. The molecule has 3 aromatic rings. The maximum Gasteiger partial charge on any atom is 0.347 e. The molecule has 0 fully saturated rings. The van der Waals surface area contributed by atoms with E-state index in [1.807, 2.05) is 0 Å². The van der Waals surface area contributed by atoms with Gasteiger partial charge in [-0.15, -0.1) is 0 Å². The summed E-state index contributed by atoms with van der Waals surface area (Å²) in [6.07, 6.45) is -1.17. The Morgan fingerprint density at radius 1 is 0.914 bits per heavy atom. The first-order valence-corrected chi connectivity index (χ1v) is 10.4. The van der Waals surface area contributed by atoms with Gasteiger partial charge in [-0.05, 0) is 47.5 Å². The molecule has 0 saturated carbocycles. The fourth-order valence-corrected chi connectivity index (χ4v) is 3.16. The minimum atomic E-state index is -1.17. The average molecular weight is 491 g/mol. The molecule has 0 radical (unpaired) electrons. The van der Waals surface area contributed by atoms with Crippen LogP contribution in [0.3, 0.4) is 0 Å². The summed E-state index contributed by atoms with van der Waals surface area (Å²) in [4.78, 5) is 22.6. The number of hydrogen-bond acceptors (Lipinski definition) is 6. The summed E-state index contributed by atoms with van der Waals surface area (Å²) < 4.78 is 71.4. The van der Waals surface area contributed by atoms with Crippen LogP contribution in [0.2, 0.25) is 0 Å². The standard InChI is InChI=1S/C25H21F4NO5/c1-14(31)34-15(2)35-23(32)13-33-22-9-8-21(28)25(24(22)29)30-12-18-10-17(6-7-20(18)27)16-4-3-5-19(26)11-16/h3-11,15,30H,12-13H2,1-2H3. The molecule has 0 heterocycles. The topological polar surface area (TPSA) is 73.9 Å². The highest BCUT2D eigenvalue weighted by molar-refractivity contribution is 5.72. The van der Waals surface area contributed by atoms with Crippen molar-refractivity contribution in [2.24, 2.45) is 0 Å². The normalized spacial score (nSPS) is 11.5. The molecule has 3 aromatic carbocycles. The summed E-state index contributed by atoms with van der Waals surface area (Å²) >= 11 is 0. The van der Waals surface area contributed by atoms with E-state index in [9.17, 15) is 27.2 Å². The molecule has 1 N–H and O–H groups in total.